The number of nitrogens with zero attached hydrogens (tertiary/aromatic N) is 5. The molecule has 0 N–H and O–H groups in total. The van der Waals surface area contributed by atoms with Crippen LogP contribution in [0, 0.1) is 46.7 Å². The first-order valence-corrected chi connectivity index (χ1v) is 8.19. The van der Waals surface area contributed by atoms with Crippen LogP contribution in [0.15, 0.2) is 32.5 Å². The Morgan fingerprint density at radius 1 is 1.04 bits per heavy atom. The number of halogens is 1. The van der Waals surface area contributed by atoms with Crippen LogP contribution in [0.2, 0.25) is 0 Å². The zero-order valence-electron chi connectivity index (χ0n) is 12.2. The van der Waals surface area contributed by atoms with E-state index in [-0.39, 0.29) is 11.4 Å². The highest BCUT2D eigenvalue weighted by Crippen LogP contribution is 2.52. The molecule has 1 aliphatic rings. The fraction of sp³-hybridized carbons (Fsp3) is 0.0625. The summed E-state index contributed by atoms with van der Waals surface area (Å²) >= 11 is 2.38. The summed E-state index contributed by atoms with van der Waals surface area (Å²) in [4.78, 5) is 8.24. The van der Waals surface area contributed by atoms with Crippen LogP contribution in [-0.2, 0) is 0 Å². The molecule has 2 heterocycles. The summed E-state index contributed by atoms with van der Waals surface area (Å²) in [5.74, 6) is -0.427. The standard InChI is InChI=1S/C16H6FN5S2/c1-8-2-3-9(17)4-10(8)11(5-18)16-23-14-15(24-16)22-13(7-20)12(6-19)21-14/h2-4H,1H3. The summed E-state index contributed by atoms with van der Waals surface area (Å²) < 4.78 is 14.1. The fourth-order valence-corrected chi connectivity index (χ4v) is 4.37. The lowest BCUT2D eigenvalue weighted by Gasteiger charge is -2.06. The van der Waals surface area contributed by atoms with Crippen LogP contribution >= 0.6 is 23.5 Å². The molecule has 0 radical (unpaired) electrons. The van der Waals surface area contributed by atoms with Gasteiger partial charge in [0.25, 0.3) is 0 Å². The third-order valence-corrected chi connectivity index (χ3v) is 5.57. The van der Waals surface area contributed by atoms with E-state index >= 15 is 0 Å². The zero-order chi connectivity index (χ0) is 17.3. The monoisotopic (exact) mass is 351 g/mol. The minimum Gasteiger partial charge on any atom is -0.224 e. The van der Waals surface area contributed by atoms with Crippen LogP contribution in [0.25, 0.3) is 5.57 Å². The Labute approximate surface area is 145 Å². The van der Waals surface area contributed by atoms with E-state index in [1.54, 1.807) is 13.0 Å². The van der Waals surface area contributed by atoms with Crippen molar-refractivity contribution in [2.24, 2.45) is 0 Å². The molecule has 0 bridgehead atoms. The second kappa shape index (κ2) is 6.33. The summed E-state index contributed by atoms with van der Waals surface area (Å²) in [7, 11) is 0. The van der Waals surface area contributed by atoms with Crippen molar-refractivity contribution < 1.29 is 4.39 Å². The summed E-state index contributed by atoms with van der Waals surface area (Å²) in [5, 5.41) is 28.5. The maximum Gasteiger partial charge on any atom is 0.178 e. The van der Waals surface area contributed by atoms with Gasteiger partial charge in [0.05, 0.1) is 9.81 Å². The number of benzene rings is 1. The van der Waals surface area contributed by atoms with Gasteiger partial charge in [-0.05, 0) is 30.2 Å². The predicted molar refractivity (Wildman–Crippen MR) is 86.8 cm³/mol. The minimum absolute atomic E-state index is 0.0500. The lowest BCUT2D eigenvalue weighted by molar-refractivity contribution is 0.627. The van der Waals surface area contributed by atoms with Gasteiger partial charge in [0.2, 0.25) is 0 Å². The summed E-state index contributed by atoms with van der Waals surface area (Å²) in [5.41, 5.74) is 1.49. The van der Waals surface area contributed by atoms with Crippen molar-refractivity contribution in [1.82, 2.24) is 9.97 Å². The van der Waals surface area contributed by atoms with Gasteiger partial charge in [0.15, 0.2) is 11.4 Å². The number of aryl methyl sites for hydroxylation is 1. The third-order valence-electron chi connectivity index (χ3n) is 3.21. The molecular formula is C16H6FN5S2. The van der Waals surface area contributed by atoms with Crippen LogP contribution in [0.3, 0.4) is 0 Å². The van der Waals surface area contributed by atoms with Gasteiger partial charge in [-0.15, -0.1) is 0 Å². The summed E-state index contributed by atoms with van der Waals surface area (Å²) in [6.45, 7) is 1.79. The maximum absolute atomic E-state index is 13.5. The Bertz CT molecular complexity index is 979. The van der Waals surface area contributed by atoms with Crippen molar-refractivity contribution in [1.29, 1.82) is 15.8 Å². The highest BCUT2D eigenvalue weighted by atomic mass is 32.2. The van der Waals surface area contributed by atoms with Crippen molar-refractivity contribution in [3.05, 3.63) is 50.8 Å². The van der Waals surface area contributed by atoms with E-state index in [0.29, 0.717) is 25.4 Å². The lowest BCUT2D eigenvalue weighted by atomic mass is 10.0. The molecule has 3 rings (SSSR count). The van der Waals surface area contributed by atoms with Gasteiger partial charge in [0, 0.05) is 0 Å². The molecule has 0 fully saturated rings. The molecular weight excluding hydrogens is 345 g/mol. The van der Waals surface area contributed by atoms with Crippen molar-refractivity contribution >= 4 is 29.1 Å². The number of allylic oxidation sites excluding steroid dienone is 1. The lowest BCUT2D eigenvalue weighted by Crippen LogP contribution is -1.96. The highest BCUT2D eigenvalue weighted by molar-refractivity contribution is 8.24. The average Bonchev–Trinajstić information content (AvgIpc) is 2.99. The molecule has 0 aliphatic carbocycles. The van der Waals surface area contributed by atoms with Gasteiger partial charge in [-0.3, -0.25) is 0 Å². The molecule has 1 aromatic heterocycles. The molecule has 1 aromatic carbocycles. The predicted octanol–water partition coefficient (Wildman–Crippen LogP) is 3.76. The summed E-state index contributed by atoms with van der Waals surface area (Å²) in [6.07, 6.45) is 0. The number of thioether (sulfide) groups is 2. The smallest absolute Gasteiger partial charge is 0.178 e. The second-order valence-electron chi connectivity index (χ2n) is 4.69. The molecule has 0 unspecified atom stereocenters. The van der Waals surface area contributed by atoms with Crippen molar-refractivity contribution in [3.8, 4) is 18.2 Å². The molecule has 8 heteroatoms. The van der Waals surface area contributed by atoms with E-state index < -0.39 is 5.82 Å². The molecule has 0 saturated heterocycles. The van der Waals surface area contributed by atoms with Gasteiger partial charge >= 0.3 is 0 Å². The van der Waals surface area contributed by atoms with Gasteiger partial charge in [0.1, 0.15) is 34.1 Å². The van der Waals surface area contributed by atoms with E-state index in [1.165, 1.54) is 35.7 Å². The fourth-order valence-electron chi connectivity index (χ4n) is 2.07. The third kappa shape index (κ3) is 2.72. The van der Waals surface area contributed by atoms with Gasteiger partial charge in [-0.2, -0.15) is 15.8 Å². The Morgan fingerprint density at radius 3 is 2.12 bits per heavy atom. The average molecular weight is 351 g/mol. The molecule has 5 nitrogen and oxygen atoms in total. The van der Waals surface area contributed by atoms with E-state index in [4.69, 9.17) is 10.5 Å². The SMILES string of the molecule is Cc1ccc(F)cc1C(C#N)=C1Sc2nc(C#N)c(C#N)nc2S1. The van der Waals surface area contributed by atoms with E-state index in [2.05, 4.69) is 16.0 Å². The van der Waals surface area contributed by atoms with Crippen LogP contribution in [-0.4, -0.2) is 9.97 Å². The topological polar surface area (TPSA) is 97.1 Å². The highest BCUT2D eigenvalue weighted by Gasteiger charge is 2.27. The van der Waals surface area contributed by atoms with E-state index in [0.717, 1.165) is 5.56 Å². The number of hydrogen-bond donors (Lipinski definition) is 0. The Morgan fingerprint density at radius 2 is 1.62 bits per heavy atom. The van der Waals surface area contributed by atoms with E-state index in [9.17, 15) is 9.65 Å². The summed E-state index contributed by atoms with van der Waals surface area (Å²) in [6, 6.07) is 10.0. The second-order valence-corrected chi connectivity index (χ2v) is 6.95. The van der Waals surface area contributed by atoms with Crippen LogP contribution < -0.4 is 0 Å². The number of nitriles is 3. The largest absolute Gasteiger partial charge is 0.224 e. The van der Waals surface area contributed by atoms with Gasteiger partial charge in [-0.1, -0.05) is 29.6 Å². The Balaban J connectivity index is 2.12. The molecule has 0 amide bonds. The number of hydrogen-bond acceptors (Lipinski definition) is 7. The molecule has 0 saturated carbocycles. The molecule has 1 aliphatic heterocycles. The van der Waals surface area contributed by atoms with Gasteiger partial charge in [-0.25, -0.2) is 14.4 Å². The first kappa shape index (κ1) is 16.0. The molecule has 0 spiro atoms. The quantitative estimate of drug-likeness (QED) is 0.722. The maximum atomic E-state index is 13.5. The minimum atomic E-state index is -0.427. The van der Waals surface area contributed by atoms with Crippen LogP contribution in [0.5, 0.6) is 0 Å². The normalized spacial score (nSPS) is 12.0. The number of rotatable bonds is 1. The Hall–Kier alpha value is -2.86. The molecule has 114 valence electrons. The molecule has 0 atom stereocenters. The molecule has 2 aromatic rings. The first-order valence-electron chi connectivity index (χ1n) is 6.56. The van der Waals surface area contributed by atoms with Crippen LogP contribution in [0.4, 0.5) is 4.39 Å². The van der Waals surface area contributed by atoms with Crippen molar-refractivity contribution in [2.45, 2.75) is 17.0 Å². The number of fused-ring (bicyclic) bond motifs is 1. The zero-order valence-corrected chi connectivity index (χ0v) is 13.8. The first-order chi connectivity index (χ1) is 11.6. The van der Waals surface area contributed by atoms with Crippen molar-refractivity contribution in [2.75, 3.05) is 0 Å². The Kier molecular flexibility index (Phi) is 4.22. The van der Waals surface area contributed by atoms with Crippen molar-refractivity contribution in [3.63, 3.8) is 0 Å². The van der Waals surface area contributed by atoms with E-state index in [1.807, 2.05) is 12.1 Å². The van der Waals surface area contributed by atoms with Crippen LogP contribution in [0.1, 0.15) is 22.5 Å². The molecule has 24 heavy (non-hydrogen) atoms. The number of aromatic nitrogens is 2. The van der Waals surface area contributed by atoms with Gasteiger partial charge < -0.3 is 0 Å².